The maximum absolute atomic E-state index is 9.70. The summed E-state index contributed by atoms with van der Waals surface area (Å²) in [4.78, 5) is 0. The Morgan fingerprint density at radius 1 is 1.50 bits per heavy atom. The number of hydrogen-bond acceptors (Lipinski definition) is 3. The highest BCUT2D eigenvalue weighted by molar-refractivity contribution is 4.95. The van der Waals surface area contributed by atoms with E-state index < -0.39 is 6.10 Å². The fourth-order valence-electron chi connectivity index (χ4n) is 1.58. The van der Waals surface area contributed by atoms with Crippen LogP contribution in [0, 0.1) is 0 Å². The Labute approximate surface area is 73.7 Å². The Kier molecular flexibility index (Phi) is 3.50. The first kappa shape index (κ1) is 9.96. The molecular formula is C9H18O3. The summed E-state index contributed by atoms with van der Waals surface area (Å²) in [5, 5.41) is 9.70. The Hall–Kier alpha value is -0.120. The molecular weight excluding hydrogens is 156 g/mol. The number of aliphatic hydroxyl groups excluding tert-OH is 1. The molecule has 0 aromatic rings. The van der Waals surface area contributed by atoms with Crippen molar-refractivity contribution in [2.24, 2.45) is 0 Å². The van der Waals surface area contributed by atoms with Gasteiger partial charge in [0.2, 0.25) is 0 Å². The van der Waals surface area contributed by atoms with Gasteiger partial charge in [-0.1, -0.05) is 0 Å². The van der Waals surface area contributed by atoms with Crippen molar-refractivity contribution in [2.45, 2.75) is 37.9 Å². The quantitative estimate of drug-likeness (QED) is 0.674. The molecule has 1 aliphatic rings. The average molecular weight is 174 g/mol. The van der Waals surface area contributed by atoms with E-state index in [2.05, 4.69) is 0 Å². The second kappa shape index (κ2) is 4.21. The molecule has 0 heterocycles. The minimum atomic E-state index is -0.462. The zero-order chi connectivity index (χ0) is 9.03. The molecule has 1 rings (SSSR count). The van der Waals surface area contributed by atoms with Crippen molar-refractivity contribution >= 4 is 0 Å². The third-order valence-corrected chi connectivity index (χ3v) is 2.69. The summed E-state index contributed by atoms with van der Waals surface area (Å²) in [5.41, 5.74) is -0.296. The lowest BCUT2D eigenvalue weighted by molar-refractivity contribution is -0.166. The summed E-state index contributed by atoms with van der Waals surface area (Å²) in [6.45, 7) is 2.97. The van der Waals surface area contributed by atoms with Gasteiger partial charge in [-0.05, 0) is 26.2 Å². The molecule has 0 saturated heterocycles. The highest BCUT2D eigenvalue weighted by Gasteiger charge is 2.43. The molecule has 1 unspecified atom stereocenters. The van der Waals surface area contributed by atoms with Crippen LogP contribution in [0.25, 0.3) is 0 Å². The lowest BCUT2D eigenvalue weighted by atomic mass is 9.76. The number of hydrogen-bond donors (Lipinski definition) is 1. The second-order valence-corrected chi connectivity index (χ2v) is 3.30. The molecule has 1 fully saturated rings. The van der Waals surface area contributed by atoms with Crippen molar-refractivity contribution in [3.63, 3.8) is 0 Å². The second-order valence-electron chi connectivity index (χ2n) is 3.30. The van der Waals surface area contributed by atoms with Gasteiger partial charge in [0.1, 0.15) is 6.10 Å². The van der Waals surface area contributed by atoms with E-state index in [1.807, 2.05) is 6.92 Å². The Balaban J connectivity index is 2.32. The summed E-state index contributed by atoms with van der Waals surface area (Å²) < 4.78 is 10.5. The van der Waals surface area contributed by atoms with Crippen LogP contribution in [0.5, 0.6) is 0 Å². The molecule has 1 N–H and O–H groups in total. The van der Waals surface area contributed by atoms with E-state index >= 15 is 0 Å². The van der Waals surface area contributed by atoms with E-state index in [0.717, 1.165) is 19.3 Å². The normalized spacial score (nSPS) is 23.2. The van der Waals surface area contributed by atoms with Gasteiger partial charge in [-0.2, -0.15) is 0 Å². The summed E-state index contributed by atoms with van der Waals surface area (Å²) >= 11 is 0. The third-order valence-electron chi connectivity index (χ3n) is 2.69. The molecule has 3 heteroatoms. The molecule has 3 nitrogen and oxygen atoms in total. The average Bonchev–Trinajstić information content (AvgIpc) is 2.00. The van der Waals surface area contributed by atoms with Gasteiger partial charge in [-0.15, -0.1) is 0 Å². The first-order valence-corrected chi connectivity index (χ1v) is 4.56. The predicted molar refractivity (Wildman–Crippen MR) is 46.1 cm³/mol. The van der Waals surface area contributed by atoms with Crippen molar-refractivity contribution in [3.05, 3.63) is 0 Å². The minimum absolute atomic E-state index is 0.296. The highest BCUT2D eigenvalue weighted by atomic mass is 16.5. The van der Waals surface area contributed by atoms with Gasteiger partial charge < -0.3 is 14.6 Å². The van der Waals surface area contributed by atoms with Crippen molar-refractivity contribution < 1.29 is 14.6 Å². The zero-order valence-electron chi connectivity index (χ0n) is 7.88. The van der Waals surface area contributed by atoms with Crippen LogP contribution in [-0.2, 0) is 9.47 Å². The summed E-state index contributed by atoms with van der Waals surface area (Å²) in [5.74, 6) is 0. The molecule has 0 radical (unpaired) electrons. The van der Waals surface area contributed by atoms with Gasteiger partial charge in [0.25, 0.3) is 0 Å². The summed E-state index contributed by atoms with van der Waals surface area (Å²) in [6, 6.07) is 0. The summed E-state index contributed by atoms with van der Waals surface area (Å²) in [6.07, 6.45) is 2.60. The Bertz CT molecular complexity index is 126. The molecule has 12 heavy (non-hydrogen) atoms. The fraction of sp³-hybridized carbons (Fsp3) is 1.00. The molecule has 1 aliphatic carbocycles. The standard InChI is InChI=1S/C9H18O3/c1-3-12-7-8(10)9(11-2)5-4-6-9/h8,10H,3-7H2,1-2H3. The molecule has 1 atom stereocenters. The van der Waals surface area contributed by atoms with Crippen molar-refractivity contribution in [3.8, 4) is 0 Å². The van der Waals surface area contributed by atoms with E-state index in [1.165, 1.54) is 0 Å². The minimum Gasteiger partial charge on any atom is -0.388 e. The molecule has 0 amide bonds. The molecule has 0 spiro atoms. The van der Waals surface area contributed by atoms with Crippen molar-refractivity contribution in [2.75, 3.05) is 20.3 Å². The van der Waals surface area contributed by atoms with Crippen LogP contribution in [-0.4, -0.2) is 37.1 Å². The SMILES string of the molecule is CCOCC(O)C1(OC)CCC1. The van der Waals surface area contributed by atoms with Crippen LogP contribution in [0.2, 0.25) is 0 Å². The molecule has 0 aromatic heterocycles. The monoisotopic (exact) mass is 174 g/mol. The summed E-state index contributed by atoms with van der Waals surface area (Å²) in [7, 11) is 1.66. The molecule has 0 aromatic carbocycles. The van der Waals surface area contributed by atoms with Gasteiger partial charge in [-0.25, -0.2) is 0 Å². The molecule has 0 bridgehead atoms. The van der Waals surface area contributed by atoms with Crippen LogP contribution in [0.3, 0.4) is 0 Å². The van der Waals surface area contributed by atoms with Crippen LogP contribution in [0.1, 0.15) is 26.2 Å². The van der Waals surface area contributed by atoms with Crippen LogP contribution < -0.4 is 0 Å². The van der Waals surface area contributed by atoms with E-state index in [-0.39, 0.29) is 5.60 Å². The van der Waals surface area contributed by atoms with Crippen molar-refractivity contribution in [1.29, 1.82) is 0 Å². The number of ether oxygens (including phenoxy) is 2. The number of methoxy groups -OCH3 is 1. The Morgan fingerprint density at radius 2 is 2.17 bits per heavy atom. The number of rotatable bonds is 5. The molecule has 1 saturated carbocycles. The fourth-order valence-corrected chi connectivity index (χ4v) is 1.58. The zero-order valence-corrected chi connectivity index (χ0v) is 7.88. The van der Waals surface area contributed by atoms with Gasteiger partial charge in [0, 0.05) is 13.7 Å². The van der Waals surface area contributed by atoms with Gasteiger partial charge >= 0.3 is 0 Å². The van der Waals surface area contributed by atoms with Gasteiger partial charge in [-0.3, -0.25) is 0 Å². The van der Waals surface area contributed by atoms with Gasteiger partial charge in [0.05, 0.1) is 12.2 Å². The number of aliphatic hydroxyl groups is 1. The van der Waals surface area contributed by atoms with Crippen molar-refractivity contribution in [1.82, 2.24) is 0 Å². The smallest absolute Gasteiger partial charge is 0.106 e. The van der Waals surface area contributed by atoms with Crippen LogP contribution in [0.15, 0.2) is 0 Å². The maximum Gasteiger partial charge on any atom is 0.106 e. The molecule has 72 valence electrons. The topological polar surface area (TPSA) is 38.7 Å². The third kappa shape index (κ3) is 1.79. The lowest BCUT2D eigenvalue weighted by Crippen LogP contribution is -2.51. The first-order chi connectivity index (χ1) is 5.75. The first-order valence-electron chi connectivity index (χ1n) is 4.56. The van der Waals surface area contributed by atoms with Crippen LogP contribution in [0.4, 0.5) is 0 Å². The predicted octanol–water partition coefficient (Wildman–Crippen LogP) is 0.953. The van der Waals surface area contributed by atoms with E-state index in [1.54, 1.807) is 7.11 Å². The van der Waals surface area contributed by atoms with E-state index in [0.29, 0.717) is 13.2 Å². The van der Waals surface area contributed by atoms with E-state index in [4.69, 9.17) is 9.47 Å². The lowest BCUT2D eigenvalue weighted by Gasteiger charge is -2.43. The largest absolute Gasteiger partial charge is 0.388 e. The Morgan fingerprint density at radius 3 is 2.50 bits per heavy atom. The van der Waals surface area contributed by atoms with Gasteiger partial charge in [0.15, 0.2) is 0 Å². The highest BCUT2D eigenvalue weighted by Crippen LogP contribution is 2.38. The maximum atomic E-state index is 9.70. The van der Waals surface area contributed by atoms with Crippen LogP contribution >= 0.6 is 0 Å². The molecule has 0 aliphatic heterocycles. The van der Waals surface area contributed by atoms with E-state index in [9.17, 15) is 5.11 Å².